The zero-order valence-corrected chi connectivity index (χ0v) is 11.9. The van der Waals surface area contributed by atoms with Crippen molar-refractivity contribution in [3.05, 3.63) is 58.4 Å². The first-order chi connectivity index (χ1) is 9.40. The molecule has 0 heterocycles. The molecule has 0 radical (unpaired) electrons. The molecule has 0 saturated heterocycles. The SMILES string of the molecule is Cc1cc(Cl)c(C(=O)N(C)c2ccc(N)cc2)cc1F. The first kappa shape index (κ1) is 14.3. The highest BCUT2D eigenvalue weighted by Crippen LogP contribution is 2.24. The van der Waals surface area contributed by atoms with Crippen LogP contribution in [-0.4, -0.2) is 13.0 Å². The molecule has 20 heavy (non-hydrogen) atoms. The molecule has 0 atom stereocenters. The summed E-state index contributed by atoms with van der Waals surface area (Å²) in [5.74, 6) is -0.831. The van der Waals surface area contributed by atoms with Crippen LogP contribution in [0, 0.1) is 12.7 Å². The van der Waals surface area contributed by atoms with Gasteiger partial charge in [-0.05, 0) is 48.9 Å². The highest BCUT2D eigenvalue weighted by atomic mass is 35.5. The topological polar surface area (TPSA) is 46.3 Å². The Labute approximate surface area is 121 Å². The standard InChI is InChI=1S/C15H14ClFN2O/c1-9-7-13(16)12(8-14(9)17)15(20)19(2)11-5-3-10(18)4-6-11/h3-8H,18H2,1-2H3. The molecule has 2 aromatic rings. The Bertz CT molecular complexity index is 656. The molecule has 2 N–H and O–H groups in total. The molecule has 2 aromatic carbocycles. The van der Waals surface area contributed by atoms with Crippen LogP contribution < -0.4 is 10.6 Å². The fraction of sp³-hybridized carbons (Fsp3) is 0.133. The number of nitrogens with two attached hydrogens (primary N) is 1. The van der Waals surface area contributed by atoms with E-state index in [1.807, 2.05) is 0 Å². The average molecular weight is 293 g/mol. The fourth-order valence-corrected chi connectivity index (χ4v) is 2.11. The van der Waals surface area contributed by atoms with Crippen molar-refractivity contribution in [1.82, 2.24) is 0 Å². The number of benzene rings is 2. The van der Waals surface area contributed by atoms with Gasteiger partial charge in [0.25, 0.3) is 5.91 Å². The van der Waals surface area contributed by atoms with Crippen molar-refractivity contribution in [2.45, 2.75) is 6.92 Å². The van der Waals surface area contributed by atoms with Crippen LogP contribution >= 0.6 is 11.6 Å². The van der Waals surface area contributed by atoms with Gasteiger partial charge in [0.1, 0.15) is 5.82 Å². The van der Waals surface area contributed by atoms with Crippen LogP contribution in [0.1, 0.15) is 15.9 Å². The lowest BCUT2D eigenvalue weighted by atomic mass is 10.1. The van der Waals surface area contributed by atoms with Gasteiger partial charge in [0, 0.05) is 18.4 Å². The molecule has 0 fully saturated rings. The monoisotopic (exact) mass is 292 g/mol. The summed E-state index contributed by atoms with van der Waals surface area (Å²) in [6.45, 7) is 1.60. The Morgan fingerprint density at radius 3 is 2.45 bits per heavy atom. The molecular formula is C15H14ClFN2O. The van der Waals surface area contributed by atoms with E-state index in [0.717, 1.165) is 6.07 Å². The Balaban J connectivity index is 2.36. The van der Waals surface area contributed by atoms with Crippen molar-refractivity contribution in [2.75, 3.05) is 17.7 Å². The molecule has 0 aliphatic rings. The minimum absolute atomic E-state index is 0.133. The second kappa shape index (κ2) is 5.51. The number of amides is 1. The molecule has 0 aromatic heterocycles. The molecule has 5 heteroatoms. The van der Waals surface area contributed by atoms with Crippen LogP contribution in [0.4, 0.5) is 15.8 Å². The van der Waals surface area contributed by atoms with Crippen molar-refractivity contribution in [3.8, 4) is 0 Å². The molecule has 0 bridgehead atoms. The van der Waals surface area contributed by atoms with Gasteiger partial charge in [0.2, 0.25) is 0 Å². The highest BCUT2D eigenvalue weighted by Gasteiger charge is 2.18. The number of halogens is 2. The summed E-state index contributed by atoms with van der Waals surface area (Å²) in [6.07, 6.45) is 0. The second-order valence-electron chi connectivity index (χ2n) is 4.54. The van der Waals surface area contributed by atoms with E-state index in [0.29, 0.717) is 16.9 Å². The Hall–Kier alpha value is -2.07. The third-order valence-electron chi connectivity index (χ3n) is 3.06. The van der Waals surface area contributed by atoms with Gasteiger partial charge >= 0.3 is 0 Å². The third kappa shape index (κ3) is 2.75. The lowest BCUT2D eigenvalue weighted by Crippen LogP contribution is -2.26. The molecule has 0 aliphatic heterocycles. The number of hydrogen-bond donors (Lipinski definition) is 1. The summed E-state index contributed by atoms with van der Waals surface area (Å²) in [5, 5.41) is 0.233. The zero-order chi connectivity index (χ0) is 14.9. The van der Waals surface area contributed by atoms with Crippen LogP contribution in [0.2, 0.25) is 5.02 Å². The summed E-state index contributed by atoms with van der Waals surface area (Å²) in [5.41, 5.74) is 7.40. The number of aryl methyl sites for hydroxylation is 1. The van der Waals surface area contributed by atoms with Crippen LogP contribution in [0.15, 0.2) is 36.4 Å². The van der Waals surface area contributed by atoms with Gasteiger partial charge in [-0.15, -0.1) is 0 Å². The number of anilines is 2. The summed E-state index contributed by atoms with van der Waals surface area (Å²) < 4.78 is 13.6. The lowest BCUT2D eigenvalue weighted by Gasteiger charge is -2.18. The van der Waals surface area contributed by atoms with Crippen LogP contribution in [0.3, 0.4) is 0 Å². The first-order valence-corrected chi connectivity index (χ1v) is 6.37. The molecule has 0 unspecified atom stereocenters. The Kier molecular flexibility index (Phi) is 3.95. The van der Waals surface area contributed by atoms with Crippen LogP contribution in [-0.2, 0) is 0 Å². The molecule has 104 valence electrons. The molecule has 0 spiro atoms. The largest absolute Gasteiger partial charge is 0.399 e. The van der Waals surface area contributed by atoms with Gasteiger partial charge in [-0.1, -0.05) is 11.6 Å². The number of nitrogens with zero attached hydrogens (tertiary/aromatic N) is 1. The van der Waals surface area contributed by atoms with E-state index >= 15 is 0 Å². The van der Waals surface area contributed by atoms with Gasteiger partial charge in [-0.25, -0.2) is 4.39 Å². The Morgan fingerprint density at radius 2 is 1.85 bits per heavy atom. The zero-order valence-electron chi connectivity index (χ0n) is 11.2. The van der Waals surface area contributed by atoms with Gasteiger partial charge < -0.3 is 10.6 Å². The van der Waals surface area contributed by atoms with Gasteiger partial charge in [0.05, 0.1) is 10.6 Å². The van der Waals surface area contributed by atoms with Crippen LogP contribution in [0.5, 0.6) is 0 Å². The van der Waals surface area contributed by atoms with Crippen LogP contribution in [0.25, 0.3) is 0 Å². The smallest absolute Gasteiger partial charge is 0.259 e. The van der Waals surface area contributed by atoms with Crippen molar-refractivity contribution < 1.29 is 9.18 Å². The summed E-state index contributed by atoms with van der Waals surface area (Å²) in [4.78, 5) is 13.8. The van der Waals surface area contributed by atoms with Gasteiger partial charge in [0.15, 0.2) is 0 Å². The third-order valence-corrected chi connectivity index (χ3v) is 3.38. The molecule has 0 aliphatic carbocycles. The van der Waals surface area contributed by atoms with E-state index in [1.54, 1.807) is 38.2 Å². The highest BCUT2D eigenvalue weighted by molar-refractivity contribution is 6.34. The first-order valence-electron chi connectivity index (χ1n) is 5.99. The van der Waals surface area contributed by atoms with E-state index in [2.05, 4.69) is 0 Å². The predicted molar refractivity (Wildman–Crippen MR) is 79.7 cm³/mol. The van der Waals surface area contributed by atoms with Crippen molar-refractivity contribution in [1.29, 1.82) is 0 Å². The average Bonchev–Trinajstić information content (AvgIpc) is 2.42. The number of carbonyl (C=O) groups is 1. The summed E-state index contributed by atoms with van der Waals surface area (Å²) >= 11 is 6.02. The fourth-order valence-electron chi connectivity index (χ4n) is 1.81. The number of rotatable bonds is 2. The molecule has 3 nitrogen and oxygen atoms in total. The summed E-state index contributed by atoms with van der Waals surface area (Å²) in [7, 11) is 1.60. The number of carbonyl (C=O) groups excluding carboxylic acids is 1. The Morgan fingerprint density at radius 1 is 1.25 bits per heavy atom. The van der Waals surface area contributed by atoms with Crippen molar-refractivity contribution >= 4 is 28.9 Å². The quantitative estimate of drug-likeness (QED) is 0.859. The maximum atomic E-state index is 13.6. The number of hydrogen-bond acceptors (Lipinski definition) is 2. The van der Waals surface area contributed by atoms with Gasteiger partial charge in [-0.3, -0.25) is 4.79 Å². The van der Waals surface area contributed by atoms with E-state index in [-0.39, 0.29) is 16.5 Å². The maximum Gasteiger partial charge on any atom is 0.259 e. The second-order valence-corrected chi connectivity index (χ2v) is 4.94. The number of nitrogen functional groups attached to an aromatic ring is 1. The molecular weight excluding hydrogens is 279 g/mol. The summed E-state index contributed by atoms with van der Waals surface area (Å²) in [6, 6.07) is 9.42. The normalized spacial score (nSPS) is 10.4. The maximum absolute atomic E-state index is 13.6. The van der Waals surface area contributed by atoms with E-state index in [1.165, 1.54) is 11.0 Å². The van der Waals surface area contributed by atoms with E-state index in [4.69, 9.17) is 17.3 Å². The lowest BCUT2D eigenvalue weighted by molar-refractivity contribution is 0.0992. The minimum atomic E-state index is -0.455. The van der Waals surface area contributed by atoms with Gasteiger partial charge in [-0.2, -0.15) is 0 Å². The predicted octanol–water partition coefficient (Wildman–Crippen LogP) is 3.65. The van der Waals surface area contributed by atoms with Crippen molar-refractivity contribution in [2.24, 2.45) is 0 Å². The van der Waals surface area contributed by atoms with Crippen molar-refractivity contribution in [3.63, 3.8) is 0 Å². The molecule has 2 rings (SSSR count). The molecule has 0 saturated carbocycles. The minimum Gasteiger partial charge on any atom is -0.399 e. The van der Waals surface area contributed by atoms with E-state index in [9.17, 15) is 9.18 Å². The molecule has 1 amide bonds. The van der Waals surface area contributed by atoms with E-state index < -0.39 is 5.82 Å².